The van der Waals surface area contributed by atoms with E-state index in [-0.39, 0.29) is 12.1 Å². The van der Waals surface area contributed by atoms with Crippen molar-refractivity contribution in [3.63, 3.8) is 0 Å². The van der Waals surface area contributed by atoms with Crippen LogP contribution in [0.1, 0.15) is 46.0 Å². The van der Waals surface area contributed by atoms with Crippen LogP contribution in [0, 0.1) is 5.92 Å². The average molecular weight is 284 g/mol. The lowest BCUT2D eigenvalue weighted by atomic mass is 9.94. The summed E-state index contributed by atoms with van der Waals surface area (Å²) < 4.78 is 5.57. The summed E-state index contributed by atoms with van der Waals surface area (Å²) >= 11 is 0. The average Bonchev–Trinajstić information content (AvgIpc) is 3.24. The monoisotopic (exact) mass is 284 g/mol. The van der Waals surface area contributed by atoms with Crippen LogP contribution in [-0.4, -0.2) is 61.0 Å². The first kappa shape index (κ1) is 16.2. The first-order valence-electron chi connectivity index (χ1n) is 8.20. The number of nitrogens with zero attached hydrogens (tertiary/aromatic N) is 1. The van der Waals surface area contributed by atoms with Gasteiger partial charge in [0.05, 0.1) is 12.7 Å². The molecule has 2 fully saturated rings. The minimum atomic E-state index is -0.0924. The van der Waals surface area contributed by atoms with Gasteiger partial charge in [-0.15, -0.1) is 0 Å². The predicted molar refractivity (Wildman–Crippen MR) is 81.9 cm³/mol. The fourth-order valence-electron chi connectivity index (χ4n) is 3.22. The zero-order valence-electron chi connectivity index (χ0n) is 13.4. The lowest BCUT2D eigenvalue weighted by Crippen LogP contribution is -2.48. The second kappa shape index (κ2) is 7.21. The summed E-state index contributed by atoms with van der Waals surface area (Å²) in [6, 6.07) is 0.654. The van der Waals surface area contributed by atoms with Crippen LogP contribution in [-0.2, 0) is 4.74 Å². The Balaban J connectivity index is 1.69. The molecule has 0 amide bonds. The molecule has 4 heteroatoms. The maximum absolute atomic E-state index is 9.62. The van der Waals surface area contributed by atoms with Crippen molar-refractivity contribution in [3.05, 3.63) is 0 Å². The van der Waals surface area contributed by atoms with E-state index in [2.05, 4.69) is 24.1 Å². The quantitative estimate of drug-likeness (QED) is 0.711. The highest BCUT2D eigenvalue weighted by Crippen LogP contribution is 2.25. The van der Waals surface area contributed by atoms with Gasteiger partial charge in [0, 0.05) is 25.2 Å². The fourth-order valence-corrected chi connectivity index (χ4v) is 3.22. The molecule has 2 rings (SSSR count). The molecule has 4 nitrogen and oxygen atoms in total. The largest absolute Gasteiger partial charge is 0.394 e. The van der Waals surface area contributed by atoms with Crippen LogP contribution in [0.4, 0.5) is 0 Å². The summed E-state index contributed by atoms with van der Waals surface area (Å²) in [5.74, 6) is 0.676. The third-order valence-corrected chi connectivity index (χ3v) is 4.96. The van der Waals surface area contributed by atoms with E-state index in [0.29, 0.717) is 18.1 Å². The Kier molecular flexibility index (Phi) is 5.84. The van der Waals surface area contributed by atoms with Gasteiger partial charge in [-0.2, -0.15) is 0 Å². The number of likely N-dealkylation sites (tertiary alicyclic amines) is 1. The number of rotatable bonds is 8. The molecule has 2 N–H and O–H groups in total. The minimum Gasteiger partial charge on any atom is -0.394 e. The summed E-state index contributed by atoms with van der Waals surface area (Å²) in [6.07, 6.45) is 6.35. The van der Waals surface area contributed by atoms with Gasteiger partial charge in [0.25, 0.3) is 0 Å². The zero-order chi connectivity index (χ0) is 14.6. The molecule has 0 bridgehead atoms. The Labute approximate surface area is 123 Å². The number of nitrogens with one attached hydrogen (secondary N) is 1. The second-order valence-corrected chi connectivity index (χ2v) is 7.08. The molecular weight excluding hydrogens is 252 g/mol. The van der Waals surface area contributed by atoms with Crippen LogP contribution >= 0.6 is 0 Å². The number of piperidine rings is 1. The second-order valence-electron chi connectivity index (χ2n) is 7.08. The molecule has 0 aromatic heterocycles. The number of methoxy groups -OCH3 is 1. The number of ether oxygens (including phenoxy) is 1. The summed E-state index contributed by atoms with van der Waals surface area (Å²) in [6.45, 7) is 8.04. The van der Waals surface area contributed by atoms with E-state index in [1.807, 2.05) is 7.11 Å². The van der Waals surface area contributed by atoms with Crippen LogP contribution in [0.25, 0.3) is 0 Å². The lowest BCUT2D eigenvalue weighted by molar-refractivity contribution is -0.00599. The van der Waals surface area contributed by atoms with Crippen LogP contribution in [0.2, 0.25) is 0 Å². The smallest absolute Gasteiger partial charge is 0.0724 e. The molecule has 1 saturated heterocycles. The topological polar surface area (TPSA) is 44.7 Å². The molecule has 1 aliphatic carbocycles. The third kappa shape index (κ3) is 4.69. The maximum atomic E-state index is 9.62. The molecule has 0 spiro atoms. The van der Waals surface area contributed by atoms with E-state index >= 15 is 0 Å². The van der Waals surface area contributed by atoms with Crippen LogP contribution in [0.3, 0.4) is 0 Å². The van der Waals surface area contributed by atoms with E-state index in [4.69, 9.17) is 4.74 Å². The summed E-state index contributed by atoms with van der Waals surface area (Å²) in [5.41, 5.74) is -0.0924. The van der Waals surface area contributed by atoms with Gasteiger partial charge in [-0.3, -0.25) is 0 Å². The number of aliphatic hydroxyl groups excluding tert-OH is 1. The van der Waals surface area contributed by atoms with Crippen LogP contribution in [0.5, 0.6) is 0 Å². The van der Waals surface area contributed by atoms with Gasteiger partial charge in [-0.1, -0.05) is 6.92 Å². The SMILES string of the molecule is COC1CN(CCCC(C)(CO)NC2CC2)CCC1C. The maximum Gasteiger partial charge on any atom is 0.0724 e. The normalized spacial score (nSPS) is 31.2. The van der Waals surface area contributed by atoms with E-state index in [1.54, 1.807) is 0 Å². The van der Waals surface area contributed by atoms with Gasteiger partial charge in [0.1, 0.15) is 0 Å². The molecule has 1 aliphatic heterocycles. The number of aliphatic hydroxyl groups is 1. The van der Waals surface area contributed by atoms with E-state index < -0.39 is 0 Å². The van der Waals surface area contributed by atoms with E-state index in [0.717, 1.165) is 25.9 Å². The lowest BCUT2D eigenvalue weighted by Gasteiger charge is -2.37. The highest BCUT2D eigenvalue weighted by atomic mass is 16.5. The molecule has 0 radical (unpaired) electrons. The minimum absolute atomic E-state index is 0.0924. The molecule has 3 unspecified atom stereocenters. The Morgan fingerprint density at radius 3 is 2.70 bits per heavy atom. The molecule has 3 atom stereocenters. The summed E-state index contributed by atoms with van der Waals surface area (Å²) in [7, 11) is 1.83. The molecule has 118 valence electrons. The van der Waals surface area contributed by atoms with Crippen molar-refractivity contribution in [3.8, 4) is 0 Å². The van der Waals surface area contributed by atoms with Crippen molar-refractivity contribution in [1.29, 1.82) is 0 Å². The standard InChI is InChI=1S/C16H32N2O2/c1-13-7-10-18(11-15(13)20-3)9-4-8-16(2,12-19)17-14-5-6-14/h13-15,17,19H,4-12H2,1-3H3. The molecule has 0 aromatic rings. The molecule has 0 aromatic carbocycles. The number of hydrogen-bond donors (Lipinski definition) is 2. The molecule has 2 aliphatic rings. The van der Waals surface area contributed by atoms with E-state index in [1.165, 1.54) is 25.8 Å². The van der Waals surface area contributed by atoms with Crippen molar-refractivity contribution in [2.75, 3.05) is 33.4 Å². The fraction of sp³-hybridized carbons (Fsp3) is 1.00. The van der Waals surface area contributed by atoms with Gasteiger partial charge in [-0.05, 0) is 58.0 Å². The third-order valence-electron chi connectivity index (χ3n) is 4.96. The summed E-state index contributed by atoms with van der Waals surface area (Å²) in [5, 5.41) is 13.2. The van der Waals surface area contributed by atoms with Gasteiger partial charge < -0.3 is 20.1 Å². The Morgan fingerprint density at radius 2 is 2.10 bits per heavy atom. The van der Waals surface area contributed by atoms with Crippen LogP contribution < -0.4 is 5.32 Å². The summed E-state index contributed by atoms with van der Waals surface area (Å²) in [4.78, 5) is 2.52. The van der Waals surface area contributed by atoms with Crippen LogP contribution in [0.15, 0.2) is 0 Å². The van der Waals surface area contributed by atoms with Crippen molar-refractivity contribution >= 4 is 0 Å². The van der Waals surface area contributed by atoms with Crippen molar-refractivity contribution in [2.24, 2.45) is 5.92 Å². The molecule has 20 heavy (non-hydrogen) atoms. The first-order chi connectivity index (χ1) is 9.56. The molecular formula is C16H32N2O2. The Morgan fingerprint density at radius 1 is 1.35 bits per heavy atom. The Hall–Kier alpha value is -0.160. The van der Waals surface area contributed by atoms with Gasteiger partial charge >= 0.3 is 0 Å². The predicted octanol–water partition coefficient (Wildman–Crippen LogP) is 1.63. The van der Waals surface area contributed by atoms with Gasteiger partial charge in [0.15, 0.2) is 0 Å². The highest BCUT2D eigenvalue weighted by Gasteiger charge is 2.32. The molecule has 1 saturated carbocycles. The number of hydrogen-bond acceptors (Lipinski definition) is 4. The van der Waals surface area contributed by atoms with Crippen molar-refractivity contribution in [2.45, 2.75) is 63.6 Å². The molecule has 1 heterocycles. The van der Waals surface area contributed by atoms with Crippen molar-refractivity contribution in [1.82, 2.24) is 10.2 Å². The highest BCUT2D eigenvalue weighted by molar-refractivity contribution is 4.92. The van der Waals surface area contributed by atoms with E-state index in [9.17, 15) is 5.11 Å². The van der Waals surface area contributed by atoms with Gasteiger partial charge in [-0.25, -0.2) is 0 Å². The van der Waals surface area contributed by atoms with Gasteiger partial charge in [0.2, 0.25) is 0 Å². The Bertz CT molecular complexity index is 296. The zero-order valence-corrected chi connectivity index (χ0v) is 13.4. The van der Waals surface area contributed by atoms with Crippen molar-refractivity contribution < 1.29 is 9.84 Å². The first-order valence-corrected chi connectivity index (χ1v) is 8.20.